The van der Waals surface area contributed by atoms with Crippen molar-refractivity contribution in [1.29, 1.82) is 0 Å². The molecule has 0 spiro atoms. The molecule has 0 bridgehead atoms. The van der Waals surface area contributed by atoms with Crippen molar-refractivity contribution in [3.8, 4) is 0 Å². The number of rotatable bonds is 4. The lowest BCUT2D eigenvalue weighted by atomic mass is 9.86. The summed E-state index contributed by atoms with van der Waals surface area (Å²) in [5.74, 6) is 0.489. The SMILES string of the molecule is O=C(Cc1csc2ccc(Cl)cc12)NC1CCC(CO)CC1. The fourth-order valence-corrected chi connectivity index (χ4v) is 4.25. The summed E-state index contributed by atoms with van der Waals surface area (Å²) in [5, 5.41) is 16.1. The number of carbonyl (C=O) groups excluding carboxylic acids is 1. The zero-order valence-corrected chi connectivity index (χ0v) is 13.9. The number of hydrogen-bond donors (Lipinski definition) is 2. The largest absolute Gasteiger partial charge is 0.396 e. The summed E-state index contributed by atoms with van der Waals surface area (Å²) < 4.78 is 1.16. The van der Waals surface area contributed by atoms with E-state index in [1.54, 1.807) is 11.3 Å². The van der Waals surface area contributed by atoms with E-state index in [9.17, 15) is 4.79 Å². The molecular weight excluding hydrogens is 318 g/mol. The molecule has 2 N–H and O–H groups in total. The lowest BCUT2D eigenvalue weighted by Crippen LogP contribution is -2.38. The number of aliphatic hydroxyl groups excluding tert-OH is 1. The van der Waals surface area contributed by atoms with Crippen LogP contribution in [0.4, 0.5) is 0 Å². The van der Waals surface area contributed by atoms with E-state index < -0.39 is 0 Å². The van der Waals surface area contributed by atoms with Crippen LogP contribution in [0.25, 0.3) is 10.1 Å². The molecule has 1 fully saturated rings. The Hall–Kier alpha value is -1.10. The van der Waals surface area contributed by atoms with E-state index in [0.29, 0.717) is 17.4 Å². The molecule has 0 atom stereocenters. The van der Waals surface area contributed by atoms with Crippen LogP contribution in [0.15, 0.2) is 23.6 Å². The van der Waals surface area contributed by atoms with Crippen molar-refractivity contribution in [2.45, 2.75) is 38.1 Å². The highest BCUT2D eigenvalue weighted by molar-refractivity contribution is 7.17. The minimum atomic E-state index is 0.0760. The molecule has 2 aromatic rings. The minimum absolute atomic E-state index is 0.0760. The summed E-state index contributed by atoms with van der Waals surface area (Å²) in [7, 11) is 0. The Morgan fingerprint density at radius 2 is 2.09 bits per heavy atom. The van der Waals surface area contributed by atoms with Crippen molar-refractivity contribution >= 4 is 38.9 Å². The smallest absolute Gasteiger partial charge is 0.224 e. The lowest BCUT2D eigenvalue weighted by molar-refractivity contribution is -0.121. The molecule has 0 radical (unpaired) electrons. The molecule has 1 aromatic heterocycles. The van der Waals surface area contributed by atoms with Gasteiger partial charge in [0.25, 0.3) is 0 Å². The first-order valence-corrected chi connectivity index (χ1v) is 8.97. The van der Waals surface area contributed by atoms with E-state index in [1.807, 2.05) is 23.6 Å². The number of carbonyl (C=O) groups is 1. The number of amides is 1. The van der Waals surface area contributed by atoms with Crippen LogP contribution in [0, 0.1) is 5.92 Å². The summed E-state index contributed by atoms with van der Waals surface area (Å²) in [6, 6.07) is 6.07. The molecule has 118 valence electrons. The van der Waals surface area contributed by atoms with Gasteiger partial charge >= 0.3 is 0 Å². The van der Waals surface area contributed by atoms with Gasteiger partial charge in [-0.25, -0.2) is 0 Å². The summed E-state index contributed by atoms with van der Waals surface area (Å²) >= 11 is 7.70. The van der Waals surface area contributed by atoms with Crippen LogP contribution >= 0.6 is 22.9 Å². The number of nitrogens with one attached hydrogen (secondary N) is 1. The van der Waals surface area contributed by atoms with Gasteiger partial charge in [-0.1, -0.05) is 11.6 Å². The van der Waals surface area contributed by atoms with Gasteiger partial charge in [0.15, 0.2) is 0 Å². The van der Waals surface area contributed by atoms with Crippen LogP contribution in [-0.2, 0) is 11.2 Å². The van der Waals surface area contributed by atoms with E-state index in [4.69, 9.17) is 16.7 Å². The Balaban J connectivity index is 1.60. The first kappa shape index (κ1) is 15.8. The summed E-state index contributed by atoms with van der Waals surface area (Å²) in [4.78, 5) is 12.3. The predicted octanol–water partition coefficient (Wildman–Crippen LogP) is 3.76. The maximum atomic E-state index is 12.3. The van der Waals surface area contributed by atoms with Crippen LogP contribution in [-0.4, -0.2) is 23.7 Å². The molecule has 1 saturated carbocycles. The maximum Gasteiger partial charge on any atom is 0.224 e. The number of thiophene rings is 1. The van der Waals surface area contributed by atoms with Crippen molar-refractivity contribution in [2.75, 3.05) is 6.61 Å². The molecule has 3 rings (SSSR count). The highest BCUT2D eigenvalue weighted by Crippen LogP contribution is 2.29. The maximum absolute atomic E-state index is 12.3. The molecular formula is C17H20ClNO2S. The van der Waals surface area contributed by atoms with E-state index in [1.165, 1.54) is 0 Å². The zero-order chi connectivity index (χ0) is 15.5. The van der Waals surface area contributed by atoms with E-state index in [-0.39, 0.29) is 18.6 Å². The number of hydrogen-bond acceptors (Lipinski definition) is 3. The molecule has 0 aliphatic heterocycles. The van der Waals surface area contributed by atoms with Gasteiger partial charge in [0.1, 0.15) is 0 Å². The Morgan fingerprint density at radius 1 is 1.32 bits per heavy atom. The highest BCUT2D eigenvalue weighted by atomic mass is 35.5. The van der Waals surface area contributed by atoms with Gasteiger partial charge in [-0.2, -0.15) is 0 Å². The quantitative estimate of drug-likeness (QED) is 0.892. The average Bonchev–Trinajstić information content (AvgIpc) is 2.90. The van der Waals surface area contributed by atoms with Gasteiger partial charge in [-0.15, -0.1) is 11.3 Å². The number of aliphatic hydroxyl groups is 1. The van der Waals surface area contributed by atoms with Gasteiger partial charge in [-0.05, 0) is 66.1 Å². The van der Waals surface area contributed by atoms with Crippen molar-refractivity contribution in [3.63, 3.8) is 0 Å². The second kappa shape index (κ2) is 6.99. The summed E-state index contributed by atoms with van der Waals surface area (Å²) in [6.45, 7) is 0.266. The Labute approximate surface area is 139 Å². The van der Waals surface area contributed by atoms with Gasteiger partial charge in [-0.3, -0.25) is 4.79 Å². The normalized spacial score (nSPS) is 21.9. The lowest BCUT2D eigenvalue weighted by Gasteiger charge is -2.27. The van der Waals surface area contributed by atoms with Crippen LogP contribution < -0.4 is 5.32 Å². The van der Waals surface area contributed by atoms with Crippen LogP contribution in [0.3, 0.4) is 0 Å². The molecule has 0 unspecified atom stereocenters. The Morgan fingerprint density at radius 3 is 2.82 bits per heavy atom. The van der Waals surface area contributed by atoms with Gasteiger partial charge < -0.3 is 10.4 Å². The van der Waals surface area contributed by atoms with Gasteiger partial charge in [0, 0.05) is 22.4 Å². The molecule has 1 heterocycles. The number of halogens is 1. The monoisotopic (exact) mass is 337 g/mol. The second-order valence-corrected chi connectivity index (χ2v) is 7.39. The van der Waals surface area contributed by atoms with Gasteiger partial charge in [0.05, 0.1) is 6.42 Å². The number of fused-ring (bicyclic) bond motifs is 1. The van der Waals surface area contributed by atoms with Gasteiger partial charge in [0.2, 0.25) is 5.91 Å². The molecule has 22 heavy (non-hydrogen) atoms. The van der Waals surface area contributed by atoms with Crippen LogP contribution in [0.5, 0.6) is 0 Å². The molecule has 1 aromatic carbocycles. The first-order chi connectivity index (χ1) is 10.7. The third-order valence-electron chi connectivity index (χ3n) is 4.44. The average molecular weight is 338 g/mol. The van der Waals surface area contributed by atoms with Crippen molar-refractivity contribution in [2.24, 2.45) is 5.92 Å². The summed E-state index contributed by atoms with van der Waals surface area (Å²) in [5.41, 5.74) is 1.05. The highest BCUT2D eigenvalue weighted by Gasteiger charge is 2.22. The fourth-order valence-electron chi connectivity index (χ4n) is 3.13. The fraction of sp³-hybridized carbons (Fsp3) is 0.471. The molecule has 5 heteroatoms. The zero-order valence-electron chi connectivity index (χ0n) is 12.3. The van der Waals surface area contributed by atoms with Crippen LogP contribution in [0.1, 0.15) is 31.2 Å². The Kier molecular flexibility index (Phi) is 5.01. The molecule has 0 saturated heterocycles. The first-order valence-electron chi connectivity index (χ1n) is 7.71. The third kappa shape index (κ3) is 3.62. The third-order valence-corrected chi connectivity index (χ3v) is 5.68. The molecule has 3 nitrogen and oxygen atoms in total. The minimum Gasteiger partial charge on any atom is -0.396 e. The molecule has 1 aliphatic carbocycles. The Bertz CT molecular complexity index is 662. The molecule has 1 amide bonds. The van der Waals surface area contributed by atoms with E-state index in [2.05, 4.69) is 5.32 Å². The summed E-state index contributed by atoms with van der Waals surface area (Å²) in [6.07, 6.45) is 4.33. The number of benzene rings is 1. The predicted molar refractivity (Wildman–Crippen MR) is 91.5 cm³/mol. The van der Waals surface area contributed by atoms with E-state index in [0.717, 1.165) is 41.3 Å². The second-order valence-electron chi connectivity index (χ2n) is 6.05. The topological polar surface area (TPSA) is 49.3 Å². The standard InChI is InChI=1S/C17H20ClNO2S/c18-13-3-6-16-15(8-13)12(10-22-16)7-17(21)19-14-4-1-11(9-20)2-5-14/h3,6,8,10-11,14,20H,1-2,4-5,7,9H2,(H,19,21). The van der Waals surface area contributed by atoms with Crippen molar-refractivity contribution in [1.82, 2.24) is 5.32 Å². The van der Waals surface area contributed by atoms with Crippen LogP contribution in [0.2, 0.25) is 5.02 Å². The van der Waals surface area contributed by atoms with Crippen molar-refractivity contribution in [3.05, 3.63) is 34.2 Å². The van der Waals surface area contributed by atoms with E-state index >= 15 is 0 Å². The molecule has 1 aliphatic rings. The van der Waals surface area contributed by atoms with Crippen molar-refractivity contribution < 1.29 is 9.90 Å².